The number of sulfone groups is 1. The molecule has 1 aromatic rings. The van der Waals surface area contributed by atoms with Gasteiger partial charge in [0, 0.05) is 23.8 Å². The summed E-state index contributed by atoms with van der Waals surface area (Å²) in [6.07, 6.45) is 3.52. The van der Waals surface area contributed by atoms with Crippen molar-refractivity contribution in [2.24, 2.45) is 5.92 Å². The molecule has 0 saturated carbocycles. The minimum atomic E-state index is -3.36. The second-order valence-corrected chi connectivity index (χ2v) is 10.8. The molecule has 1 aliphatic heterocycles. The van der Waals surface area contributed by atoms with E-state index in [1.54, 1.807) is 23.1 Å². The lowest BCUT2D eigenvalue weighted by Crippen LogP contribution is -2.41. The number of carbonyl (C=O) groups is 1. The zero-order valence-corrected chi connectivity index (χ0v) is 18.7. The van der Waals surface area contributed by atoms with Crippen LogP contribution >= 0.6 is 15.9 Å². The molecule has 0 spiro atoms. The lowest BCUT2D eigenvalue weighted by molar-refractivity contribution is 0.0177. The smallest absolute Gasteiger partial charge is 0.410 e. The Balaban J connectivity index is 1.82. The molecular formula is C19H28BrNO5S. The summed E-state index contributed by atoms with van der Waals surface area (Å²) in [7, 11) is -3.36. The van der Waals surface area contributed by atoms with Gasteiger partial charge in [0.1, 0.15) is 16.2 Å². The molecule has 1 aromatic carbocycles. The van der Waals surface area contributed by atoms with Crippen LogP contribution in [0.1, 0.15) is 40.0 Å². The highest BCUT2D eigenvalue weighted by Crippen LogP contribution is 2.28. The Morgan fingerprint density at radius 2 is 1.89 bits per heavy atom. The van der Waals surface area contributed by atoms with E-state index in [0.29, 0.717) is 35.8 Å². The second kappa shape index (κ2) is 8.82. The van der Waals surface area contributed by atoms with Crippen LogP contribution in [0, 0.1) is 5.92 Å². The van der Waals surface area contributed by atoms with E-state index in [1.807, 2.05) is 20.8 Å². The number of halogens is 1. The van der Waals surface area contributed by atoms with E-state index in [2.05, 4.69) is 15.9 Å². The first kappa shape index (κ1) is 22.0. The van der Waals surface area contributed by atoms with E-state index in [4.69, 9.17) is 9.47 Å². The zero-order chi connectivity index (χ0) is 20.2. The first-order valence-electron chi connectivity index (χ1n) is 9.06. The first-order chi connectivity index (χ1) is 12.5. The molecule has 0 radical (unpaired) electrons. The molecule has 0 aromatic heterocycles. The third-order valence-electron chi connectivity index (χ3n) is 4.36. The third-order valence-corrected chi connectivity index (χ3v) is 5.97. The average Bonchev–Trinajstić information content (AvgIpc) is 2.54. The Bertz CT molecular complexity index is 765. The van der Waals surface area contributed by atoms with Crippen LogP contribution < -0.4 is 4.74 Å². The molecule has 6 nitrogen and oxygen atoms in total. The fourth-order valence-electron chi connectivity index (χ4n) is 2.96. The number of amides is 1. The number of carbonyl (C=O) groups excluding carboxylic acids is 1. The van der Waals surface area contributed by atoms with E-state index >= 15 is 0 Å². The molecule has 152 valence electrons. The summed E-state index contributed by atoms with van der Waals surface area (Å²) in [6, 6.07) is 5.00. The number of benzene rings is 1. The SMILES string of the molecule is CC(C)(C)OC(=O)N1CCC(CCOc2ccc(Br)cc2S(C)(=O)=O)CC1. The monoisotopic (exact) mass is 461 g/mol. The van der Waals surface area contributed by atoms with E-state index in [0.717, 1.165) is 19.3 Å². The van der Waals surface area contributed by atoms with Gasteiger partial charge in [0.15, 0.2) is 9.84 Å². The summed E-state index contributed by atoms with van der Waals surface area (Å²) in [5.41, 5.74) is -0.482. The fraction of sp³-hybridized carbons (Fsp3) is 0.632. The average molecular weight is 462 g/mol. The quantitative estimate of drug-likeness (QED) is 0.654. The summed E-state index contributed by atoms with van der Waals surface area (Å²) in [5, 5.41) is 0. The van der Waals surface area contributed by atoms with Crippen molar-refractivity contribution in [2.75, 3.05) is 26.0 Å². The van der Waals surface area contributed by atoms with Gasteiger partial charge in [-0.25, -0.2) is 13.2 Å². The Morgan fingerprint density at radius 3 is 2.44 bits per heavy atom. The summed E-state index contributed by atoms with van der Waals surface area (Å²) >= 11 is 3.29. The second-order valence-electron chi connectivity index (χ2n) is 7.91. The Hall–Kier alpha value is -1.28. The molecule has 27 heavy (non-hydrogen) atoms. The van der Waals surface area contributed by atoms with Crippen molar-refractivity contribution in [3.63, 3.8) is 0 Å². The summed E-state index contributed by atoms with van der Waals surface area (Å²) in [4.78, 5) is 14.0. The predicted octanol–water partition coefficient (Wildman–Crippen LogP) is 4.27. The molecular weight excluding hydrogens is 434 g/mol. The van der Waals surface area contributed by atoms with Gasteiger partial charge in [-0.05, 0) is 64.2 Å². The van der Waals surface area contributed by atoms with Gasteiger partial charge in [-0.2, -0.15) is 0 Å². The van der Waals surface area contributed by atoms with Crippen LogP contribution in [-0.2, 0) is 14.6 Å². The molecule has 1 heterocycles. The Kier molecular flexibility index (Phi) is 7.19. The van der Waals surface area contributed by atoms with Crippen molar-refractivity contribution in [1.82, 2.24) is 4.90 Å². The van der Waals surface area contributed by atoms with Crippen LogP contribution in [0.2, 0.25) is 0 Å². The number of ether oxygens (including phenoxy) is 2. The van der Waals surface area contributed by atoms with Crippen LogP contribution in [0.4, 0.5) is 4.79 Å². The molecule has 1 amide bonds. The molecule has 0 unspecified atom stereocenters. The predicted molar refractivity (Wildman–Crippen MR) is 108 cm³/mol. The maximum Gasteiger partial charge on any atom is 0.410 e. The molecule has 1 fully saturated rings. The van der Waals surface area contributed by atoms with E-state index in [-0.39, 0.29) is 11.0 Å². The maximum atomic E-state index is 12.1. The van der Waals surface area contributed by atoms with Crippen molar-refractivity contribution < 1.29 is 22.7 Å². The van der Waals surface area contributed by atoms with Gasteiger partial charge in [-0.3, -0.25) is 0 Å². The molecule has 0 atom stereocenters. The Morgan fingerprint density at radius 1 is 1.26 bits per heavy atom. The van der Waals surface area contributed by atoms with E-state index in [1.165, 1.54) is 6.26 Å². The van der Waals surface area contributed by atoms with Crippen molar-refractivity contribution in [2.45, 2.75) is 50.5 Å². The first-order valence-corrected chi connectivity index (χ1v) is 11.7. The van der Waals surface area contributed by atoms with Crippen LogP contribution in [0.15, 0.2) is 27.6 Å². The van der Waals surface area contributed by atoms with Gasteiger partial charge in [-0.1, -0.05) is 15.9 Å². The molecule has 2 rings (SSSR count). The van der Waals surface area contributed by atoms with Crippen molar-refractivity contribution in [3.8, 4) is 5.75 Å². The maximum absolute atomic E-state index is 12.1. The number of piperidine rings is 1. The number of hydrogen-bond acceptors (Lipinski definition) is 5. The topological polar surface area (TPSA) is 72.9 Å². The van der Waals surface area contributed by atoms with Crippen LogP contribution in [0.3, 0.4) is 0 Å². The standard InChI is InChI=1S/C19H28BrNO5S/c1-19(2,3)26-18(22)21-10-7-14(8-11-21)9-12-25-16-6-5-15(20)13-17(16)27(4,23)24/h5-6,13-14H,7-12H2,1-4H3. The Labute approximate surface area is 170 Å². The van der Waals surface area contributed by atoms with Gasteiger partial charge in [0.2, 0.25) is 0 Å². The highest BCUT2D eigenvalue weighted by atomic mass is 79.9. The van der Waals surface area contributed by atoms with Gasteiger partial charge in [0.25, 0.3) is 0 Å². The van der Waals surface area contributed by atoms with Crippen molar-refractivity contribution in [1.29, 1.82) is 0 Å². The lowest BCUT2D eigenvalue weighted by atomic mass is 9.94. The van der Waals surface area contributed by atoms with E-state index in [9.17, 15) is 13.2 Å². The highest BCUT2D eigenvalue weighted by Gasteiger charge is 2.27. The summed E-state index contributed by atoms with van der Waals surface area (Å²) in [6.45, 7) is 7.38. The molecule has 0 N–H and O–H groups in total. The number of nitrogens with zero attached hydrogens (tertiary/aromatic N) is 1. The van der Waals surface area contributed by atoms with Crippen molar-refractivity contribution >= 4 is 31.9 Å². The molecule has 0 bridgehead atoms. The minimum absolute atomic E-state index is 0.191. The van der Waals surface area contributed by atoms with E-state index < -0.39 is 15.4 Å². The number of rotatable bonds is 5. The molecule has 1 aliphatic rings. The number of hydrogen-bond donors (Lipinski definition) is 0. The third kappa shape index (κ3) is 6.99. The molecule has 8 heteroatoms. The minimum Gasteiger partial charge on any atom is -0.492 e. The summed E-state index contributed by atoms with van der Waals surface area (Å²) in [5.74, 6) is 0.827. The number of likely N-dealkylation sites (tertiary alicyclic amines) is 1. The fourth-order valence-corrected chi connectivity index (χ4v) is 4.30. The summed E-state index contributed by atoms with van der Waals surface area (Å²) < 4.78 is 35.7. The highest BCUT2D eigenvalue weighted by molar-refractivity contribution is 9.10. The van der Waals surface area contributed by atoms with Gasteiger partial charge in [-0.15, -0.1) is 0 Å². The normalized spacial score (nSPS) is 16.3. The van der Waals surface area contributed by atoms with Gasteiger partial charge >= 0.3 is 6.09 Å². The molecule has 1 saturated heterocycles. The molecule has 0 aliphatic carbocycles. The lowest BCUT2D eigenvalue weighted by Gasteiger charge is -2.33. The largest absolute Gasteiger partial charge is 0.492 e. The van der Waals surface area contributed by atoms with Crippen molar-refractivity contribution in [3.05, 3.63) is 22.7 Å². The van der Waals surface area contributed by atoms with Crippen LogP contribution in [0.5, 0.6) is 5.75 Å². The van der Waals surface area contributed by atoms with Gasteiger partial charge < -0.3 is 14.4 Å². The van der Waals surface area contributed by atoms with Gasteiger partial charge in [0.05, 0.1) is 6.61 Å². The van der Waals surface area contributed by atoms with Crippen LogP contribution in [0.25, 0.3) is 0 Å². The van der Waals surface area contributed by atoms with Crippen LogP contribution in [-0.4, -0.2) is 51.0 Å². The zero-order valence-electron chi connectivity index (χ0n) is 16.3.